The maximum atomic E-state index is 13.0. The molecule has 162 valence electrons. The van der Waals surface area contributed by atoms with E-state index in [0.717, 1.165) is 22.6 Å². The van der Waals surface area contributed by atoms with Crippen molar-refractivity contribution in [2.45, 2.75) is 58.8 Å². The van der Waals surface area contributed by atoms with Gasteiger partial charge in [0.1, 0.15) is 25.7 Å². The van der Waals surface area contributed by atoms with Crippen molar-refractivity contribution in [3.8, 4) is 11.5 Å². The fourth-order valence-electron chi connectivity index (χ4n) is 3.45. The molecule has 0 aromatic carbocycles. The number of aromatic nitrogens is 4. The van der Waals surface area contributed by atoms with Crippen LogP contribution in [0.15, 0.2) is 15.4 Å². The molecule has 0 radical (unpaired) electrons. The van der Waals surface area contributed by atoms with Crippen LogP contribution in [0.5, 0.6) is 0 Å². The van der Waals surface area contributed by atoms with E-state index in [0.29, 0.717) is 17.7 Å². The van der Waals surface area contributed by atoms with Gasteiger partial charge in [0.05, 0.1) is 5.56 Å². The first-order valence-electron chi connectivity index (χ1n) is 10.1. The standard InChI is InChI=1S/C20H31BN4O4Si/c1-12-14(17-22-23-19(29-17)20(2,3)27)15-13(21)10-24(4)18(26)16(15)25(12)11-28-8-9-30(5,6)7/h10,27H,8-9,11,21H2,1-7H3. The lowest BCUT2D eigenvalue weighted by atomic mass is 9.92. The molecule has 0 spiro atoms. The fraction of sp³-hybridized carbons (Fsp3) is 0.550. The third kappa shape index (κ3) is 4.30. The molecule has 0 amide bonds. The molecule has 0 saturated heterocycles. The number of aliphatic hydroxyl groups is 1. The van der Waals surface area contributed by atoms with Crippen molar-refractivity contribution in [2.75, 3.05) is 6.61 Å². The molecule has 0 aliphatic carbocycles. The number of aryl methyl sites for hydroxylation is 1. The molecule has 0 fully saturated rings. The summed E-state index contributed by atoms with van der Waals surface area (Å²) in [6, 6.07) is 1.05. The zero-order chi connectivity index (χ0) is 22.4. The third-order valence-corrected chi connectivity index (χ3v) is 6.91. The Bertz CT molecular complexity index is 1140. The summed E-state index contributed by atoms with van der Waals surface area (Å²) in [5.41, 5.74) is 1.64. The van der Waals surface area contributed by atoms with Crippen molar-refractivity contribution < 1.29 is 14.3 Å². The van der Waals surface area contributed by atoms with Crippen molar-refractivity contribution in [3.63, 3.8) is 0 Å². The highest BCUT2D eigenvalue weighted by Crippen LogP contribution is 2.33. The van der Waals surface area contributed by atoms with E-state index in [-0.39, 0.29) is 24.1 Å². The molecule has 3 aromatic rings. The minimum absolute atomic E-state index is 0.110. The summed E-state index contributed by atoms with van der Waals surface area (Å²) in [5.74, 6) is 0.414. The largest absolute Gasteiger partial charge is 0.417 e. The van der Waals surface area contributed by atoms with Crippen LogP contribution < -0.4 is 11.0 Å². The molecule has 0 aliphatic heterocycles. The Morgan fingerprint density at radius 3 is 2.53 bits per heavy atom. The Hall–Kier alpha value is -2.17. The SMILES string of the molecule is Bc1cn(C)c(=O)c2c1c(-c1nnc(C(C)(C)O)o1)c(C)n2COCC[Si](C)(C)C. The van der Waals surface area contributed by atoms with Crippen LogP contribution in [0.1, 0.15) is 25.4 Å². The Kier molecular flexibility index (Phi) is 5.87. The summed E-state index contributed by atoms with van der Waals surface area (Å²) in [6.45, 7) is 12.9. The maximum Gasteiger partial charge on any atom is 0.274 e. The second kappa shape index (κ2) is 7.83. The summed E-state index contributed by atoms with van der Waals surface area (Å²) in [5, 5.41) is 19.2. The quantitative estimate of drug-likeness (QED) is 0.451. The average molecular weight is 430 g/mol. The first-order chi connectivity index (χ1) is 13.8. The monoisotopic (exact) mass is 430 g/mol. The molecule has 0 atom stereocenters. The van der Waals surface area contributed by atoms with Gasteiger partial charge >= 0.3 is 0 Å². The van der Waals surface area contributed by atoms with Crippen molar-refractivity contribution in [1.82, 2.24) is 19.3 Å². The van der Waals surface area contributed by atoms with Gasteiger partial charge in [-0.15, -0.1) is 10.2 Å². The minimum Gasteiger partial charge on any atom is -0.417 e. The molecule has 3 heterocycles. The first-order valence-corrected chi connectivity index (χ1v) is 13.9. The highest BCUT2D eigenvalue weighted by molar-refractivity contribution is 6.76. The zero-order valence-electron chi connectivity index (χ0n) is 19.2. The summed E-state index contributed by atoms with van der Waals surface area (Å²) >= 11 is 0. The number of ether oxygens (including phenoxy) is 1. The molecule has 10 heteroatoms. The topological polar surface area (TPSA) is 95.3 Å². The lowest BCUT2D eigenvalue weighted by Gasteiger charge is -2.16. The Morgan fingerprint density at radius 1 is 1.30 bits per heavy atom. The Labute approximate surface area is 178 Å². The minimum atomic E-state index is -1.25. The van der Waals surface area contributed by atoms with Crippen LogP contribution in [0, 0.1) is 6.92 Å². The third-order valence-electron chi connectivity index (χ3n) is 5.21. The van der Waals surface area contributed by atoms with Gasteiger partial charge in [0.25, 0.3) is 5.56 Å². The van der Waals surface area contributed by atoms with E-state index in [9.17, 15) is 9.90 Å². The molecule has 8 nitrogen and oxygen atoms in total. The number of fused-ring (bicyclic) bond motifs is 1. The van der Waals surface area contributed by atoms with Gasteiger partial charge < -0.3 is 23.4 Å². The van der Waals surface area contributed by atoms with Crippen LogP contribution in [0.25, 0.3) is 22.4 Å². The second-order valence-corrected chi connectivity index (χ2v) is 15.3. The molecule has 1 N–H and O–H groups in total. The summed E-state index contributed by atoms with van der Waals surface area (Å²) in [4.78, 5) is 13.0. The van der Waals surface area contributed by atoms with Gasteiger partial charge in [-0.1, -0.05) is 25.1 Å². The molecule has 3 rings (SSSR count). The van der Waals surface area contributed by atoms with Gasteiger partial charge in [-0.05, 0) is 26.8 Å². The number of pyridine rings is 1. The van der Waals surface area contributed by atoms with Gasteiger partial charge in [-0.25, -0.2) is 0 Å². The highest BCUT2D eigenvalue weighted by Gasteiger charge is 2.28. The number of rotatable bonds is 7. The summed E-state index contributed by atoms with van der Waals surface area (Å²) < 4.78 is 15.2. The molecule has 3 aromatic heterocycles. The predicted molar refractivity (Wildman–Crippen MR) is 123 cm³/mol. The summed E-state index contributed by atoms with van der Waals surface area (Å²) in [7, 11) is 2.48. The van der Waals surface area contributed by atoms with Crippen LogP contribution >= 0.6 is 0 Å². The van der Waals surface area contributed by atoms with E-state index in [1.807, 2.05) is 19.3 Å². The van der Waals surface area contributed by atoms with Gasteiger partial charge in [-0.3, -0.25) is 4.79 Å². The van der Waals surface area contributed by atoms with Crippen molar-refractivity contribution in [1.29, 1.82) is 0 Å². The number of nitrogens with zero attached hydrogens (tertiary/aromatic N) is 4. The molecule has 30 heavy (non-hydrogen) atoms. The van der Waals surface area contributed by atoms with Crippen LogP contribution in [0.4, 0.5) is 0 Å². The van der Waals surface area contributed by atoms with Gasteiger partial charge in [0.15, 0.2) is 0 Å². The molecule has 0 unspecified atom stereocenters. The fourth-order valence-corrected chi connectivity index (χ4v) is 4.21. The maximum absolute atomic E-state index is 13.0. The van der Waals surface area contributed by atoms with E-state index in [4.69, 9.17) is 9.15 Å². The lowest BCUT2D eigenvalue weighted by molar-refractivity contribution is 0.0487. The number of hydrogen-bond donors (Lipinski definition) is 1. The second-order valence-electron chi connectivity index (χ2n) is 9.66. The smallest absolute Gasteiger partial charge is 0.274 e. The van der Waals surface area contributed by atoms with E-state index in [1.165, 1.54) is 0 Å². The molecule has 0 bridgehead atoms. The zero-order valence-corrected chi connectivity index (χ0v) is 20.2. The van der Waals surface area contributed by atoms with Crippen LogP contribution in [0.2, 0.25) is 25.7 Å². The van der Waals surface area contributed by atoms with E-state index < -0.39 is 13.7 Å². The predicted octanol–water partition coefficient (Wildman–Crippen LogP) is 1.50. The lowest BCUT2D eigenvalue weighted by Crippen LogP contribution is -2.25. The van der Waals surface area contributed by atoms with Crippen molar-refractivity contribution >= 4 is 32.3 Å². The Balaban J connectivity index is 2.14. The van der Waals surface area contributed by atoms with Crippen LogP contribution in [-0.4, -0.2) is 47.0 Å². The highest BCUT2D eigenvalue weighted by atomic mass is 28.3. The first kappa shape index (κ1) is 22.5. The Morgan fingerprint density at radius 2 is 1.97 bits per heavy atom. The molecular weight excluding hydrogens is 399 g/mol. The average Bonchev–Trinajstić information content (AvgIpc) is 3.19. The van der Waals surface area contributed by atoms with Crippen LogP contribution in [-0.2, 0) is 24.1 Å². The molecule has 0 saturated carbocycles. The van der Waals surface area contributed by atoms with Crippen LogP contribution in [0.3, 0.4) is 0 Å². The normalized spacial score (nSPS) is 12.8. The summed E-state index contributed by atoms with van der Waals surface area (Å²) in [6.07, 6.45) is 1.80. The van der Waals surface area contributed by atoms with Crippen molar-refractivity contribution in [3.05, 3.63) is 28.1 Å². The van der Waals surface area contributed by atoms with E-state index >= 15 is 0 Å². The van der Waals surface area contributed by atoms with E-state index in [1.54, 1.807) is 31.7 Å². The van der Waals surface area contributed by atoms with Gasteiger partial charge in [0, 0.05) is 39.0 Å². The van der Waals surface area contributed by atoms with E-state index in [2.05, 4.69) is 29.8 Å². The molecule has 0 aliphatic rings. The van der Waals surface area contributed by atoms with Gasteiger partial charge in [-0.2, -0.15) is 0 Å². The number of hydrogen-bond acceptors (Lipinski definition) is 6. The van der Waals surface area contributed by atoms with Gasteiger partial charge in [0.2, 0.25) is 11.8 Å². The molecular formula is C20H31BN4O4Si. The van der Waals surface area contributed by atoms with Crippen molar-refractivity contribution in [2.24, 2.45) is 7.05 Å².